The smallest absolute Gasteiger partial charge is 0.233 e. The third-order valence-electron chi connectivity index (χ3n) is 2.32. The molecule has 0 aliphatic carbocycles. The Kier molecular flexibility index (Phi) is 4.88. The zero-order valence-electron chi connectivity index (χ0n) is 10.1. The molecule has 0 aliphatic heterocycles. The Hall–Kier alpha value is -1.92. The summed E-state index contributed by atoms with van der Waals surface area (Å²) in [6.07, 6.45) is 5.28. The maximum absolute atomic E-state index is 5.52. The van der Waals surface area contributed by atoms with Gasteiger partial charge in [-0.05, 0) is 27.6 Å². The van der Waals surface area contributed by atoms with Crippen molar-refractivity contribution in [3.63, 3.8) is 0 Å². The molecule has 0 unspecified atom stereocenters. The summed E-state index contributed by atoms with van der Waals surface area (Å²) in [6.45, 7) is 0.411. The number of aromatic nitrogens is 2. The average molecular weight is 321 g/mol. The van der Waals surface area contributed by atoms with Crippen molar-refractivity contribution >= 4 is 27.8 Å². The molecule has 1 aromatic carbocycles. The number of nitrogens with one attached hydrogen (secondary N) is 1. The first-order chi connectivity index (χ1) is 9.31. The molecule has 0 bridgehead atoms. The summed E-state index contributed by atoms with van der Waals surface area (Å²) in [6, 6.07) is 10.00. The van der Waals surface area contributed by atoms with Crippen LogP contribution in [0.5, 0.6) is 5.88 Å². The van der Waals surface area contributed by atoms with Gasteiger partial charge in [0.05, 0.1) is 0 Å². The van der Waals surface area contributed by atoms with Crippen LogP contribution in [0.1, 0.15) is 5.56 Å². The summed E-state index contributed by atoms with van der Waals surface area (Å²) < 4.78 is 6.12. The standard InChI is InChI=1S/C13H13BrN4O/c14-11-12(18-15)16-9-17-13(11)19-8-4-7-10-5-2-1-3-6-10/h1-7,9H,8,15H2,(H,16,17,18)/b7-4+. The largest absolute Gasteiger partial charge is 0.472 e. The van der Waals surface area contributed by atoms with Gasteiger partial charge in [-0.15, -0.1) is 0 Å². The van der Waals surface area contributed by atoms with Gasteiger partial charge in [-0.25, -0.2) is 15.8 Å². The molecule has 19 heavy (non-hydrogen) atoms. The van der Waals surface area contributed by atoms with Crippen LogP contribution in [0.3, 0.4) is 0 Å². The quantitative estimate of drug-likeness (QED) is 0.654. The highest BCUT2D eigenvalue weighted by atomic mass is 79.9. The molecule has 0 radical (unpaired) electrons. The summed E-state index contributed by atoms with van der Waals surface area (Å²) in [5.41, 5.74) is 3.58. The predicted octanol–water partition coefficient (Wildman–Crippen LogP) is 2.62. The van der Waals surface area contributed by atoms with Crippen LogP contribution in [0.4, 0.5) is 5.82 Å². The monoisotopic (exact) mass is 320 g/mol. The molecular formula is C13H13BrN4O. The summed E-state index contributed by atoms with van der Waals surface area (Å²) in [7, 11) is 0. The highest BCUT2D eigenvalue weighted by Gasteiger charge is 2.07. The van der Waals surface area contributed by atoms with Gasteiger partial charge in [0.15, 0.2) is 5.82 Å². The maximum Gasteiger partial charge on any atom is 0.233 e. The number of benzene rings is 1. The zero-order chi connectivity index (χ0) is 13.5. The van der Waals surface area contributed by atoms with Gasteiger partial charge in [0.2, 0.25) is 5.88 Å². The lowest BCUT2D eigenvalue weighted by molar-refractivity contribution is 0.346. The average Bonchev–Trinajstić information content (AvgIpc) is 2.46. The first kappa shape index (κ1) is 13.5. The lowest BCUT2D eigenvalue weighted by Crippen LogP contribution is -2.10. The van der Waals surface area contributed by atoms with Crippen LogP contribution in [0.15, 0.2) is 47.2 Å². The molecule has 0 fully saturated rings. The van der Waals surface area contributed by atoms with E-state index in [0.717, 1.165) is 5.56 Å². The van der Waals surface area contributed by atoms with Gasteiger partial charge < -0.3 is 10.2 Å². The molecule has 98 valence electrons. The van der Waals surface area contributed by atoms with Crippen molar-refractivity contribution in [1.82, 2.24) is 9.97 Å². The maximum atomic E-state index is 5.52. The molecule has 3 N–H and O–H groups in total. The first-order valence-corrected chi connectivity index (χ1v) is 6.42. The molecular weight excluding hydrogens is 308 g/mol. The van der Waals surface area contributed by atoms with Crippen LogP contribution in [-0.4, -0.2) is 16.6 Å². The van der Waals surface area contributed by atoms with Crippen LogP contribution in [0.25, 0.3) is 6.08 Å². The van der Waals surface area contributed by atoms with E-state index >= 15 is 0 Å². The van der Waals surface area contributed by atoms with E-state index in [1.165, 1.54) is 6.33 Å². The molecule has 1 heterocycles. The third-order valence-corrected chi connectivity index (χ3v) is 3.04. The van der Waals surface area contributed by atoms with Gasteiger partial charge in [-0.3, -0.25) is 0 Å². The Morgan fingerprint density at radius 3 is 2.79 bits per heavy atom. The number of nitrogen functional groups attached to an aromatic ring is 1. The minimum atomic E-state index is 0.411. The van der Waals surface area contributed by atoms with E-state index in [4.69, 9.17) is 10.6 Å². The summed E-state index contributed by atoms with van der Waals surface area (Å²) in [5, 5.41) is 0. The van der Waals surface area contributed by atoms with Gasteiger partial charge in [0, 0.05) is 0 Å². The molecule has 1 aromatic heterocycles. The van der Waals surface area contributed by atoms with Crippen LogP contribution >= 0.6 is 15.9 Å². The minimum Gasteiger partial charge on any atom is -0.472 e. The lowest BCUT2D eigenvalue weighted by atomic mass is 10.2. The number of ether oxygens (including phenoxy) is 1. The van der Waals surface area contributed by atoms with Crippen LogP contribution in [0, 0.1) is 0 Å². The van der Waals surface area contributed by atoms with E-state index in [0.29, 0.717) is 22.8 Å². The van der Waals surface area contributed by atoms with Crippen molar-refractivity contribution in [2.45, 2.75) is 0 Å². The Balaban J connectivity index is 1.95. The van der Waals surface area contributed by atoms with Crippen molar-refractivity contribution in [3.05, 3.63) is 52.8 Å². The van der Waals surface area contributed by atoms with E-state index in [1.807, 2.05) is 42.5 Å². The molecule has 2 aromatic rings. The molecule has 5 nitrogen and oxygen atoms in total. The molecule has 0 saturated carbocycles. The lowest BCUT2D eigenvalue weighted by Gasteiger charge is -2.07. The molecule has 6 heteroatoms. The predicted molar refractivity (Wildman–Crippen MR) is 78.5 cm³/mol. The Bertz CT molecular complexity index is 560. The number of hydrazine groups is 1. The molecule has 0 spiro atoms. The van der Waals surface area contributed by atoms with Crippen LogP contribution in [0.2, 0.25) is 0 Å². The van der Waals surface area contributed by atoms with Crippen LogP contribution < -0.4 is 16.0 Å². The highest BCUT2D eigenvalue weighted by molar-refractivity contribution is 9.10. The first-order valence-electron chi connectivity index (χ1n) is 5.63. The summed E-state index contributed by atoms with van der Waals surface area (Å²) in [5.74, 6) is 6.24. The second-order valence-electron chi connectivity index (χ2n) is 3.61. The van der Waals surface area contributed by atoms with Crippen molar-refractivity contribution in [2.75, 3.05) is 12.0 Å². The normalized spacial score (nSPS) is 10.6. The SMILES string of the molecule is NNc1ncnc(OC/C=C/c2ccccc2)c1Br. The number of halogens is 1. The van der Waals surface area contributed by atoms with Gasteiger partial charge in [-0.1, -0.05) is 36.4 Å². The fourth-order valence-corrected chi connectivity index (χ4v) is 1.86. The molecule has 0 aliphatic rings. The van der Waals surface area contributed by atoms with Gasteiger partial charge in [0.25, 0.3) is 0 Å². The van der Waals surface area contributed by atoms with Crippen molar-refractivity contribution in [3.8, 4) is 5.88 Å². The topological polar surface area (TPSA) is 73.1 Å². The summed E-state index contributed by atoms with van der Waals surface area (Å²) in [4.78, 5) is 7.96. The zero-order valence-corrected chi connectivity index (χ0v) is 11.7. The second-order valence-corrected chi connectivity index (χ2v) is 4.40. The Morgan fingerprint density at radius 1 is 1.26 bits per heavy atom. The fraction of sp³-hybridized carbons (Fsp3) is 0.0769. The number of anilines is 1. The molecule has 2 rings (SSSR count). The Morgan fingerprint density at radius 2 is 2.05 bits per heavy atom. The van der Waals surface area contributed by atoms with Crippen molar-refractivity contribution in [2.24, 2.45) is 5.84 Å². The molecule has 0 saturated heterocycles. The van der Waals surface area contributed by atoms with E-state index in [-0.39, 0.29) is 0 Å². The van der Waals surface area contributed by atoms with E-state index in [1.54, 1.807) is 0 Å². The number of rotatable bonds is 5. The third kappa shape index (κ3) is 3.77. The van der Waals surface area contributed by atoms with Crippen molar-refractivity contribution < 1.29 is 4.74 Å². The van der Waals surface area contributed by atoms with Crippen molar-refractivity contribution in [1.29, 1.82) is 0 Å². The minimum absolute atomic E-state index is 0.411. The van der Waals surface area contributed by atoms with E-state index in [2.05, 4.69) is 31.3 Å². The molecule has 0 amide bonds. The van der Waals surface area contributed by atoms with Gasteiger partial charge >= 0.3 is 0 Å². The highest BCUT2D eigenvalue weighted by Crippen LogP contribution is 2.27. The Labute approximate surface area is 119 Å². The number of nitrogens with two attached hydrogens (primary N) is 1. The number of hydrogen-bond acceptors (Lipinski definition) is 5. The van der Waals surface area contributed by atoms with Gasteiger partial charge in [0.1, 0.15) is 17.4 Å². The molecule has 0 atom stereocenters. The van der Waals surface area contributed by atoms with E-state index in [9.17, 15) is 0 Å². The fourth-order valence-electron chi connectivity index (χ4n) is 1.43. The number of nitrogens with zero attached hydrogens (tertiary/aromatic N) is 2. The number of hydrogen-bond donors (Lipinski definition) is 2. The second kappa shape index (κ2) is 6.86. The van der Waals surface area contributed by atoms with E-state index < -0.39 is 0 Å². The van der Waals surface area contributed by atoms with Crippen LogP contribution in [-0.2, 0) is 0 Å². The van der Waals surface area contributed by atoms with Gasteiger partial charge in [-0.2, -0.15) is 0 Å². The summed E-state index contributed by atoms with van der Waals surface area (Å²) >= 11 is 3.32.